The molecule has 1 aliphatic heterocycles. The van der Waals surface area contributed by atoms with Gasteiger partial charge in [0.05, 0.1) is 17.1 Å². The van der Waals surface area contributed by atoms with Crippen LogP contribution in [0.3, 0.4) is 0 Å². The number of nitrogens with zero attached hydrogens (tertiary/aromatic N) is 1. The quantitative estimate of drug-likeness (QED) is 0.746. The zero-order valence-corrected chi connectivity index (χ0v) is 7.58. The number of benzene rings is 1. The SMILES string of the molecule is Oc1ccc(C2=NCCO2)c(Cl)c1. The van der Waals surface area contributed by atoms with E-state index in [1.54, 1.807) is 12.1 Å². The third-order valence-electron chi connectivity index (χ3n) is 1.77. The summed E-state index contributed by atoms with van der Waals surface area (Å²) in [6, 6.07) is 4.73. The Hall–Kier alpha value is -1.22. The Kier molecular flexibility index (Phi) is 2.10. The van der Waals surface area contributed by atoms with E-state index < -0.39 is 0 Å². The number of aromatic hydroxyl groups is 1. The molecule has 1 heterocycles. The molecule has 13 heavy (non-hydrogen) atoms. The maximum atomic E-state index is 9.12. The van der Waals surface area contributed by atoms with E-state index in [9.17, 15) is 0 Å². The number of halogens is 1. The van der Waals surface area contributed by atoms with E-state index >= 15 is 0 Å². The molecule has 1 aromatic carbocycles. The fourth-order valence-electron chi connectivity index (χ4n) is 1.18. The minimum Gasteiger partial charge on any atom is -0.508 e. The summed E-state index contributed by atoms with van der Waals surface area (Å²) in [5, 5.41) is 9.57. The molecule has 2 rings (SSSR count). The molecule has 0 spiro atoms. The molecule has 0 radical (unpaired) electrons. The molecule has 4 heteroatoms. The molecule has 0 amide bonds. The van der Waals surface area contributed by atoms with Crippen LogP contribution in [0.2, 0.25) is 5.02 Å². The van der Waals surface area contributed by atoms with Crippen molar-refractivity contribution in [2.24, 2.45) is 4.99 Å². The molecule has 0 fully saturated rings. The normalized spacial score (nSPS) is 15.3. The summed E-state index contributed by atoms with van der Waals surface area (Å²) in [6.45, 7) is 1.28. The van der Waals surface area contributed by atoms with Crippen LogP contribution in [0.1, 0.15) is 5.56 Å². The van der Waals surface area contributed by atoms with Gasteiger partial charge in [-0.05, 0) is 18.2 Å². The Morgan fingerprint density at radius 3 is 2.92 bits per heavy atom. The van der Waals surface area contributed by atoms with E-state index in [0.717, 1.165) is 5.56 Å². The van der Waals surface area contributed by atoms with Gasteiger partial charge in [-0.15, -0.1) is 0 Å². The molecule has 0 saturated heterocycles. The highest BCUT2D eigenvalue weighted by Gasteiger charge is 2.13. The van der Waals surface area contributed by atoms with Gasteiger partial charge < -0.3 is 9.84 Å². The predicted molar refractivity (Wildman–Crippen MR) is 50.5 cm³/mol. The molecule has 1 aromatic rings. The zero-order valence-electron chi connectivity index (χ0n) is 6.83. The van der Waals surface area contributed by atoms with Crippen LogP contribution in [0.25, 0.3) is 0 Å². The Bertz CT molecular complexity index is 363. The number of phenols is 1. The number of phenolic OH excluding ortho intramolecular Hbond substituents is 1. The fraction of sp³-hybridized carbons (Fsp3) is 0.222. The molecule has 0 aromatic heterocycles. The van der Waals surface area contributed by atoms with Gasteiger partial charge in [0.15, 0.2) is 0 Å². The van der Waals surface area contributed by atoms with Gasteiger partial charge in [-0.25, -0.2) is 4.99 Å². The first-order valence-electron chi connectivity index (χ1n) is 3.93. The highest BCUT2D eigenvalue weighted by molar-refractivity contribution is 6.34. The van der Waals surface area contributed by atoms with E-state index in [2.05, 4.69) is 4.99 Å². The van der Waals surface area contributed by atoms with Crippen molar-refractivity contribution in [1.82, 2.24) is 0 Å². The van der Waals surface area contributed by atoms with E-state index in [1.807, 2.05) is 0 Å². The number of aliphatic imine (C=N–C) groups is 1. The summed E-state index contributed by atoms with van der Waals surface area (Å²) in [4.78, 5) is 4.12. The van der Waals surface area contributed by atoms with Crippen molar-refractivity contribution in [3.05, 3.63) is 28.8 Å². The lowest BCUT2D eigenvalue weighted by Gasteiger charge is -2.03. The van der Waals surface area contributed by atoms with Gasteiger partial charge in [0.1, 0.15) is 12.4 Å². The highest BCUT2D eigenvalue weighted by atomic mass is 35.5. The van der Waals surface area contributed by atoms with Gasteiger partial charge >= 0.3 is 0 Å². The Balaban J connectivity index is 2.40. The van der Waals surface area contributed by atoms with Crippen LogP contribution in [0.4, 0.5) is 0 Å². The van der Waals surface area contributed by atoms with Gasteiger partial charge in [0.2, 0.25) is 5.90 Å². The van der Waals surface area contributed by atoms with E-state index in [1.165, 1.54) is 6.07 Å². The fourth-order valence-corrected chi connectivity index (χ4v) is 1.43. The van der Waals surface area contributed by atoms with Gasteiger partial charge in [0.25, 0.3) is 0 Å². The topological polar surface area (TPSA) is 41.8 Å². The molecule has 0 bridgehead atoms. The van der Waals surface area contributed by atoms with Crippen molar-refractivity contribution in [3.8, 4) is 5.75 Å². The molecule has 0 atom stereocenters. The van der Waals surface area contributed by atoms with Gasteiger partial charge in [-0.2, -0.15) is 0 Å². The van der Waals surface area contributed by atoms with Crippen molar-refractivity contribution < 1.29 is 9.84 Å². The highest BCUT2D eigenvalue weighted by Crippen LogP contribution is 2.23. The Morgan fingerprint density at radius 2 is 2.31 bits per heavy atom. The summed E-state index contributed by atoms with van der Waals surface area (Å²) in [5.74, 6) is 0.706. The number of ether oxygens (including phenoxy) is 1. The third-order valence-corrected chi connectivity index (χ3v) is 2.08. The third kappa shape index (κ3) is 1.60. The largest absolute Gasteiger partial charge is 0.508 e. The van der Waals surface area contributed by atoms with Gasteiger partial charge in [-0.3, -0.25) is 0 Å². The Labute approximate surface area is 80.6 Å². The summed E-state index contributed by atoms with van der Waals surface area (Å²) in [7, 11) is 0. The molecule has 0 aliphatic carbocycles. The maximum absolute atomic E-state index is 9.12. The van der Waals surface area contributed by atoms with Crippen LogP contribution in [0.5, 0.6) is 5.75 Å². The molecular formula is C9H8ClNO2. The van der Waals surface area contributed by atoms with Crippen LogP contribution >= 0.6 is 11.6 Å². The second-order valence-corrected chi connectivity index (χ2v) is 3.11. The molecule has 1 aliphatic rings. The summed E-state index contributed by atoms with van der Waals surface area (Å²) in [5.41, 5.74) is 0.733. The van der Waals surface area contributed by atoms with Crippen LogP contribution < -0.4 is 0 Å². The minimum absolute atomic E-state index is 0.146. The van der Waals surface area contributed by atoms with Gasteiger partial charge in [-0.1, -0.05) is 11.6 Å². The smallest absolute Gasteiger partial charge is 0.217 e. The number of rotatable bonds is 1. The van der Waals surface area contributed by atoms with E-state index in [0.29, 0.717) is 24.1 Å². The average Bonchev–Trinajstić information content (AvgIpc) is 2.56. The van der Waals surface area contributed by atoms with Crippen LogP contribution in [0.15, 0.2) is 23.2 Å². The summed E-state index contributed by atoms with van der Waals surface area (Å²) < 4.78 is 5.24. The molecular weight excluding hydrogens is 190 g/mol. The monoisotopic (exact) mass is 197 g/mol. The zero-order chi connectivity index (χ0) is 9.26. The van der Waals surface area contributed by atoms with Crippen molar-refractivity contribution in [3.63, 3.8) is 0 Å². The standard InChI is InChI=1S/C9H8ClNO2/c10-8-5-6(12)1-2-7(8)9-11-3-4-13-9/h1-2,5,12H,3-4H2. The lowest BCUT2D eigenvalue weighted by Crippen LogP contribution is -2.01. The van der Waals surface area contributed by atoms with Crippen LogP contribution in [-0.2, 0) is 4.74 Å². The van der Waals surface area contributed by atoms with Crippen LogP contribution in [0, 0.1) is 0 Å². The minimum atomic E-state index is 0.146. The first-order chi connectivity index (χ1) is 6.27. The maximum Gasteiger partial charge on any atom is 0.217 e. The van der Waals surface area contributed by atoms with Gasteiger partial charge in [0, 0.05) is 0 Å². The van der Waals surface area contributed by atoms with Crippen LogP contribution in [-0.4, -0.2) is 24.2 Å². The average molecular weight is 198 g/mol. The summed E-state index contributed by atoms with van der Waals surface area (Å²) in [6.07, 6.45) is 0. The molecule has 0 saturated carbocycles. The van der Waals surface area contributed by atoms with E-state index in [4.69, 9.17) is 21.4 Å². The van der Waals surface area contributed by atoms with Crippen molar-refractivity contribution >= 4 is 17.5 Å². The van der Waals surface area contributed by atoms with Crippen molar-refractivity contribution in [2.75, 3.05) is 13.2 Å². The molecule has 0 unspecified atom stereocenters. The van der Waals surface area contributed by atoms with Crippen molar-refractivity contribution in [1.29, 1.82) is 0 Å². The number of hydrogen-bond donors (Lipinski definition) is 1. The Morgan fingerprint density at radius 1 is 1.46 bits per heavy atom. The second kappa shape index (κ2) is 3.26. The van der Waals surface area contributed by atoms with E-state index in [-0.39, 0.29) is 5.75 Å². The second-order valence-electron chi connectivity index (χ2n) is 2.70. The predicted octanol–water partition coefficient (Wildman–Crippen LogP) is 1.82. The molecule has 3 nitrogen and oxygen atoms in total. The van der Waals surface area contributed by atoms with Crippen molar-refractivity contribution in [2.45, 2.75) is 0 Å². The first kappa shape index (κ1) is 8.38. The lowest BCUT2D eigenvalue weighted by molar-refractivity contribution is 0.348. The lowest BCUT2D eigenvalue weighted by atomic mass is 10.2. The summed E-state index contributed by atoms with van der Waals surface area (Å²) >= 11 is 5.89. The number of hydrogen-bond acceptors (Lipinski definition) is 3. The molecule has 68 valence electrons. The molecule has 1 N–H and O–H groups in total. The first-order valence-corrected chi connectivity index (χ1v) is 4.31.